The molecule has 1 rings (SSSR count). The van der Waals surface area contributed by atoms with Gasteiger partial charge in [0.1, 0.15) is 9.84 Å². The zero-order valence-corrected chi connectivity index (χ0v) is 12.4. The minimum Gasteiger partial charge on any atom is -0.313 e. The third-order valence-corrected chi connectivity index (χ3v) is 4.70. The van der Waals surface area contributed by atoms with Gasteiger partial charge in [-0.25, -0.2) is 8.42 Å². The minimum absolute atomic E-state index is 0.139. The van der Waals surface area contributed by atoms with Crippen LogP contribution in [-0.4, -0.2) is 33.0 Å². The van der Waals surface area contributed by atoms with Crippen LogP contribution in [0.3, 0.4) is 0 Å². The summed E-state index contributed by atoms with van der Waals surface area (Å²) in [7, 11) is -2.89. The fraction of sp³-hybridized carbons (Fsp3) is 1.00. The predicted molar refractivity (Wildman–Crippen MR) is 72.8 cm³/mol. The van der Waals surface area contributed by atoms with Crippen molar-refractivity contribution in [2.45, 2.75) is 46.1 Å². The molecule has 0 aromatic heterocycles. The summed E-state index contributed by atoms with van der Waals surface area (Å²) in [4.78, 5) is 0. The van der Waals surface area contributed by atoms with Crippen LogP contribution in [0, 0.1) is 17.8 Å². The highest BCUT2D eigenvalue weighted by Gasteiger charge is 2.31. The zero-order valence-electron chi connectivity index (χ0n) is 11.6. The monoisotopic (exact) mass is 261 g/mol. The number of sulfone groups is 1. The molecule has 1 aliphatic rings. The molecular weight excluding hydrogens is 234 g/mol. The Morgan fingerprint density at radius 2 is 1.71 bits per heavy atom. The van der Waals surface area contributed by atoms with Crippen molar-refractivity contribution >= 4 is 9.84 Å². The molecule has 1 N–H and O–H groups in total. The molecule has 0 aromatic rings. The van der Waals surface area contributed by atoms with E-state index in [1.807, 2.05) is 6.92 Å². The van der Waals surface area contributed by atoms with Gasteiger partial charge in [0.2, 0.25) is 0 Å². The summed E-state index contributed by atoms with van der Waals surface area (Å²) in [5, 5.41) is 3.37. The lowest BCUT2D eigenvalue weighted by Crippen LogP contribution is -2.44. The highest BCUT2D eigenvalue weighted by atomic mass is 32.2. The van der Waals surface area contributed by atoms with Crippen molar-refractivity contribution in [2.24, 2.45) is 17.8 Å². The maximum absolute atomic E-state index is 11.5. The standard InChI is InChI=1S/C13H27NO2S/c1-5-14-13(9-17(4,15)16)12-7-10(2)6-11(3)8-12/h10-14H,5-9H2,1-4H3. The van der Waals surface area contributed by atoms with Crippen molar-refractivity contribution in [3.63, 3.8) is 0 Å². The molecule has 0 aromatic carbocycles. The highest BCUT2D eigenvalue weighted by molar-refractivity contribution is 7.90. The molecule has 0 saturated heterocycles. The molecule has 1 aliphatic carbocycles. The lowest BCUT2D eigenvalue weighted by atomic mass is 9.74. The van der Waals surface area contributed by atoms with Crippen LogP contribution < -0.4 is 5.32 Å². The Bertz CT molecular complexity index is 316. The molecule has 0 heterocycles. The molecule has 3 nitrogen and oxygen atoms in total. The van der Waals surface area contributed by atoms with Crippen LogP contribution >= 0.6 is 0 Å². The smallest absolute Gasteiger partial charge is 0.148 e. The first-order valence-corrected chi connectivity index (χ1v) is 8.79. The third-order valence-electron chi connectivity index (χ3n) is 3.73. The Morgan fingerprint density at radius 3 is 2.12 bits per heavy atom. The van der Waals surface area contributed by atoms with Gasteiger partial charge in [0, 0.05) is 12.3 Å². The van der Waals surface area contributed by atoms with Gasteiger partial charge in [0.05, 0.1) is 5.75 Å². The predicted octanol–water partition coefficient (Wildman–Crippen LogP) is 2.08. The summed E-state index contributed by atoms with van der Waals surface area (Å²) < 4.78 is 23.0. The number of hydrogen-bond acceptors (Lipinski definition) is 3. The molecule has 3 atom stereocenters. The second-order valence-electron chi connectivity index (χ2n) is 5.93. The second kappa shape index (κ2) is 6.19. The van der Waals surface area contributed by atoms with Gasteiger partial charge in [-0.15, -0.1) is 0 Å². The average molecular weight is 261 g/mol. The van der Waals surface area contributed by atoms with E-state index in [1.54, 1.807) is 0 Å². The van der Waals surface area contributed by atoms with Crippen molar-refractivity contribution < 1.29 is 8.42 Å². The summed E-state index contributed by atoms with van der Waals surface area (Å²) in [6.07, 6.45) is 4.95. The lowest BCUT2D eigenvalue weighted by molar-refractivity contribution is 0.185. The Hall–Kier alpha value is -0.0900. The molecule has 0 radical (unpaired) electrons. The molecule has 0 spiro atoms. The quantitative estimate of drug-likeness (QED) is 0.824. The lowest BCUT2D eigenvalue weighted by Gasteiger charge is -2.36. The average Bonchev–Trinajstić information content (AvgIpc) is 2.13. The first-order valence-electron chi connectivity index (χ1n) is 6.73. The van der Waals surface area contributed by atoms with E-state index in [9.17, 15) is 8.42 Å². The molecule has 1 saturated carbocycles. The number of rotatable bonds is 5. The van der Waals surface area contributed by atoms with Crippen LogP contribution in [-0.2, 0) is 9.84 Å². The van der Waals surface area contributed by atoms with Crippen LogP contribution in [0.1, 0.15) is 40.0 Å². The molecule has 3 unspecified atom stereocenters. The Balaban J connectivity index is 2.68. The summed E-state index contributed by atoms with van der Waals surface area (Å²) in [6.45, 7) is 7.46. The van der Waals surface area contributed by atoms with Crippen LogP contribution in [0.5, 0.6) is 0 Å². The van der Waals surface area contributed by atoms with Crippen LogP contribution in [0.2, 0.25) is 0 Å². The normalized spacial score (nSPS) is 32.4. The maximum Gasteiger partial charge on any atom is 0.148 e. The van der Waals surface area contributed by atoms with E-state index < -0.39 is 9.84 Å². The fourth-order valence-corrected chi connectivity index (χ4v) is 4.33. The van der Waals surface area contributed by atoms with Gasteiger partial charge in [0.15, 0.2) is 0 Å². The molecule has 17 heavy (non-hydrogen) atoms. The molecule has 4 heteroatoms. The van der Waals surface area contributed by atoms with E-state index in [-0.39, 0.29) is 11.8 Å². The highest BCUT2D eigenvalue weighted by Crippen LogP contribution is 2.34. The van der Waals surface area contributed by atoms with Crippen molar-refractivity contribution in [1.29, 1.82) is 0 Å². The number of hydrogen-bond donors (Lipinski definition) is 1. The van der Waals surface area contributed by atoms with Crippen molar-refractivity contribution in [3.05, 3.63) is 0 Å². The molecule has 1 fully saturated rings. The van der Waals surface area contributed by atoms with E-state index in [0.717, 1.165) is 31.2 Å². The summed E-state index contributed by atoms with van der Waals surface area (Å²) in [6, 6.07) is 0.139. The van der Waals surface area contributed by atoms with E-state index >= 15 is 0 Å². The largest absolute Gasteiger partial charge is 0.313 e. The van der Waals surface area contributed by atoms with Gasteiger partial charge in [-0.2, -0.15) is 0 Å². The fourth-order valence-electron chi connectivity index (χ4n) is 3.29. The summed E-state index contributed by atoms with van der Waals surface area (Å²) >= 11 is 0. The molecule has 0 aliphatic heterocycles. The van der Waals surface area contributed by atoms with E-state index in [2.05, 4.69) is 19.2 Å². The van der Waals surface area contributed by atoms with Crippen LogP contribution in [0.15, 0.2) is 0 Å². The molecular formula is C13H27NO2S. The summed E-state index contributed by atoms with van der Waals surface area (Å²) in [5.41, 5.74) is 0. The number of nitrogens with one attached hydrogen (secondary N) is 1. The first kappa shape index (κ1) is 15.0. The van der Waals surface area contributed by atoms with Gasteiger partial charge in [-0.05, 0) is 43.6 Å². The van der Waals surface area contributed by atoms with Crippen LogP contribution in [0.25, 0.3) is 0 Å². The Kier molecular flexibility index (Phi) is 5.45. The Morgan fingerprint density at radius 1 is 1.18 bits per heavy atom. The van der Waals surface area contributed by atoms with Gasteiger partial charge < -0.3 is 5.32 Å². The minimum atomic E-state index is -2.89. The van der Waals surface area contributed by atoms with Crippen molar-refractivity contribution in [2.75, 3.05) is 18.6 Å². The SMILES string of the molecule is CCNC(CS(C)(=O)=O)C1CC(C)CC(C)C1. The van der Waals surface area contributed by atoms with Crippen molar-refractivity contribution in [1.82, 2.24) is 5.32 Å². The second-order valence-corrected chi connectivity index (χ2v) is 8.12. The molecule has 0 bridgehead atoms. The summed E-state index contributed by atoms with van der Waals surface area (Å²) in [5.74, 6) is 2.25. The molecule has 102 valence electrons. The topological polar surface area (TPSA) is 46.2 Å². The van der Waals surface area contributed by atoms with E-state index in [0.29, 0.717) is 5.92 Å². The third kappa shape index (κ3) is 5.38. The van der Waals surface area contributed by atoms with Crippen molar-refractivity contribution in [3.8, 4) is 0 Å². The van der Waals surface area contributed by atoms with Gasteiger partial charge in [0.25, 0.3) is 0 Å². The van der Waals surface area contributed by atoms with Gasteiger partial charge in [-0.1, -0.05) is 20.8 Å². The maximum atomic E-state index is 11.5. The van der Waals surface area contributed by atoms with E-state index in [1.165, 1.54) is 12.7 Å². The molecule has 0 amide bonds. The zero-order chi connectivity index (χ0) is 13.1. The van der Waals surface area contributed by atoms with Crippen LogP contribution in [0.4, 0.5) is 0 Å². The van der Waals surface area contributed by atoms with Gasteiger partial charge in [-0.3, -0.25) is 0 Å². The van der Waals surface area contributed by atoms with E-state index in [4.69, 9.17) is 0 Å². The Labute approximate surface area is 106 Å². The van der Waals surface area contributed by atoms with Gasteiger partial charge >= 0.3 is 0 Å². The first-order chi connectivity index (χ1) is 7.81.